The number of hydrogen-bond acceptors (Lipinski definition) is 3. The Morgan fingerprint density at radius 2 is 2.13 bits per heavy atom. The molecular weight excluding hydrogens is 190 g/mol. The number of aliphatic hydroxyl groups is 1. The molecule has 0 atom stereocenters. The van der Waals surface area contributed by atoms with Gasteiger partial charge in [0.2, 0.25) is 0 Å². The molecule has 1 aliphatic heterocycles. The van der Waals surface area contributed by atoms with Gasteiger partial charge in [-0.2, -0.15) is 0 Å². The molecular formula is C11H19N3O. The molecule has 4 heteroatoms. The van der Waals surface area contributed by atoms with E-state index in [4.69, 9.17) is 0 Å². The van der Waals surface area contributed by atoms with Crippen LogP contribution in [0.4, 0.5) is 0 Å². The molecule has 1 N–H and O–H groups in total. The number of rotatable bonds is 2. The van der Waals surface area contributed by atoms with Crippen LogP contribution in [-0.4, -0.2) is 38.2 Å². The van der Waals surface area contributed by atoms with E-state index in [2.05, 4.69) is 9.88 Å². The predicted octanol–water partition coefficient (Wildman–Crippen LogP) is 0.767. The van der Waals surface area contributed by atoms with Crippen molar-refractivity contribution in [3.05, 3.63) is 18.2 Å². The van der Waals surface area contributed by atoms with Crippen molar-refractivity contribution in [2.45, 2.75) is 31.9 Å². The molecule has 4 nitrogen and oxygen atoms in total. The molecule has 0 amide bonds. The third-order valence-corrected chi connectivity index (χ3v) is 3.24. The van der Waals surface area contributed by atoms with E-state index < -0.39 is 5.60 Å². The standard InChI is InChI=1S/C11H19N3O/c1-11(15)3-5-14(6-4-11)8-10-7-12-9-13(10)2/h7,9,15H,3-6,8H2,1-2H3. The number of imidazole rings is 1. The lowest BCUT2D eigenvalue weighted by atomic mass is 9.94. The second kappa shape index (κ2) is 3.94. The third-order valence-electron chi connectivity index (χ3n) is 3.24. The molecule has 0 unspecified atom stereocenters. The van der Waals surface area contributed by atoms with Crippen LogP contribution in [0, 0.1) is 0 Å². The van der Waals surface area contributed by atoms with Gasteiger partial charge in [0.15, 0.2) is 0 Å². The molecule has 15 heavy (non-hydrogen) atoms. The minimum atomic E-state index is -0.455. The minimum Gasteiger partial charge on any atom is -0.390 e. The summed E-state index contributed by atoms with van der Waals surface area (Å²) in [5.41, 5.74) is 0.778. The number of hydrogen-bond donors (Lipinski definition) is 1. The lowest BCUT2D eigenvalue weighted by Gasteiger charge is -2.35. The summed E-state index contributed by atoms with van der Waals surface area (Å²) >= 11 is 0. The molecule has 2 heterocycles. The first-order valence-electron chi connectivity index (χ1n) is 5.47. The Morgan fingerprint density at radius 3 is 2.67 bits per heavy atom. The summed E-state index contributed by atoms with van der Waals surface area (Å²) in [6.07, 6.45) is 5.47. The van der Waals surface area contributed by atoms with Crippen molar-refractivity contribution in [3.8, 4) is 0 Å². The first-order valence-corrected chi connectivity index (χ1v) is 5.47. The molecule has 1 aromatic rings. The number of nitrogens with zero attached hydrogens (tertiary/aromatic N) is 3. The zero-order chi connectivity index (χ0) is 10.9. The maximum Gasteiger partial charge on any atom is 0.0945 e. The minimum absolute atomic E-state index is 0.455. The van der Waals surface area contributed by atoms with E-state index in [-0.39, 0.29) is 0 Å². The monoisotopic (exact) mass is 209 g/mol. The summed E-state index contributed by atoms with van der Waals surface area (Å²) in [7, 11) is 2.02. The highest BCUT2D eigenvalue weighted by atomic mass is 16.3. The van der Waals surface area contributed by atoms with Crippen molar-refractivity contribution >= 4 is 0 Å². The van der Waals surface area contributed by atoms with Gasteiger partial charge in [-0.1, -0.05) is 0 Å². The molecule has 0 spiro atoms. The van der Waals surface area contributed by atoms with Crippen LogP contribution in [0.25, 0.3) is 0 Å². The molecule has 0 aliphatic carbocycles. The second-order valence-electron chi connectivity index (χ2n) is 4.77. The zero-order valence-electron chi connectivity index (χ0n) is 9.48. The Balaban J connectivity index is 1.90. The second-order valence-corrected chi connectivity index (χ2v) is 4.77. The zero-order valence-corrected chi connectivity index (χ0v) is 9.48. The fourth-order valence-electron chi connectivity index (χ4n) is 1.96. The predicted molar refractivity (Wildman–Crippen MR) is 58.3 cm³/mol. The quantitative estimate of drug-likeness (QED) is 0.782. The van der Waals surface area contributed by atoms with Crippen LogP contribution >= 0.6 is 0 Å². The van der Waals surface area contributed by atoms with Gasteiger partial charge in [0.1, 0.15) is 0 Å². The van der Waals surface area contributed by atoms with E-state index in [0.29, 0.717) is 0 Å². The van der Waals surface area contributed by atoms with Crippen LogP contribution < -0.4 is 0 Å². The van der Waals surface area contributed by atoms with Gasteiger partial charge < -0.3 is 9.67 Å². The molecule has 84 valence electrons. The molecule has 0 bridgehead atoms. The lowest BCUT2D eigenvalue weighted by Crippen LogP contribution is -2.42. The van der Waals surface area contributed by atoms with Gasteiger partial charge in [0.05, 0.1) is 17.6 Å². The van der Waals surface area contributed by atoms with Gasteiger partial charge in [-0.3, -0.25) is 4.90 Å². The largest absolute Gasteiger partial charge is 0.390 e. The topological polar surface area (TPSA) is 41.3 Å². The van der Waals surface area contributed by atoms with Gasteiger partial charge in [-0.15, -0.1) is 0 Å². The molecule has 0 radical (unpaired) electrons. The van der Waals surface area contributed by atoms with Crippen molar-refractivity contribution in [2.24, 2.45) is 7.05 Å². The maximum atomic E-state index is 9.83. The average molecular weight is 209 g/mol. The van der Waals surface area contributed by atoms with Crippen LogP contribution in [0.1, 0.15) is 25.5 Å². The van der Waals surface area contributed by atoms with Crippen LogP contribution in [0.2, 0.25) is 0 Å². The fraction of sp³-hybridized carbons (Fsp3) is 0.727. The fourth-order valence-corrected chi connectivity index (χ4v) is 1.96. The maximum absolute atomic E-state index is 9.83. The Hall–Kier alpha value is -0.870. The Morgan fingerprint density at radius 1 is 1.47 bits per heavy atom. The molecule has 1 aliphatic rings. The van der Waals surface area contributed by atoms with E-state index >= 15 is 0 Å². The van der Waals surface area contributed by atoms with Gasteiger partial charge in [0.25, 0.3) is 0 Å². The molecule has 0 saturated carbocycles. The van der Waals surface area contributed by atoms with E-state index in [1.165, 1.54) is 5.69 Å². The normalized spacial score (nSPS) is 21.8. The summed E-state index contributed by atoms with van der Waals surface area (Å²) < 4.78 is 2.05. The summed E-state index contributed by atoms with van der Waals surface area (Å²) in [5, 5.41) is 9.83. The highest BCUT2D eigenvalue weighted by molar-refractivity contribution is 4.98. The third kappa shape index (κ3) is 2.58. The molecule has 1 fully saturated rings. The van der Waals surface area contributed by atoms with Crippen LogP contribution in [-0.2, 0) is 13.6 Å². The van der Waals surface area contributed by atoms with E-state index in [9.17, 15) is 5.11 Å². The number of aryl methyl sites for hydroxylation is 1. The van der Waals surface area contributed by atoms with Gasteiger partial charge >= 0.3 is 0 Å². The van der Waals surface area contributed by atoms with E-state index in [0.717, 1.165) is 32.5 Å². The van der Waals surface area contributed by atoms with Crippen LogP contribution in [0.15, 0.2) is 12.5 Å². The van der Waals surface area contributed by atoms with Crippen molar-refractivity contribution in [2.75, 3.05) is 13.1 Å². The summed E-state index contributed by atoms with van der Waals surface area (Å²) in [5.74, 6) is 0. The first-order chi connectivity index (χ1) is 7.07. The van der Waals surface area contributed by atoms with Gasteiger partial charge in [0, 0.05) is 32.9 Å². The SMILES string of the molecule is Cn1cncc1CN1CCC(C)(O)CC1. The van der Waals surface area contributed by atoms with E-state index in [1.807, 2.05) is 31.1 Å². The highest BCUT2D eigenvalue weighted by Crippen LogP contribution is 2.22. The van der Waals surface area contributed by atoms with E-state index in [1.54, 1.807) is 0 Å². The molecule has 0 aromatic carbocycles. The summed E-state index contributed by atoms with van der Waals surface area (Å²) in [4.78, 5) is 6.47. The Labute approximate surface area is 90.5 Å². The lowest BCUT2D eigenvalue weighted by molar-refractivity contribution is -0.00773. The van der Waals surface area contributed by atoms with Crippen molar-refractivity contribution in [1.29, 1.82) is 0 Å². The number of likely N-dealkylation sites (tertiary alicyclic amines) is 1. The van der Waals surface area contributed by atoms with Crippen molar-refractivity contribution in [1.82, 2.24) is 14.5 Å². The van der Waals surface area contributed by atoms with Crippen molar-refractivity contribution in [3.63, 3.8) is 0 Å². The van der Waals surface area contributed by atoms with Gasteiger partial charge in [-0.05, 0) is 19.8 Å². The Bertz CT molecular complexity index is 322. The molecule has 2 rings (SSSR count). The number of piperidine rings is 1. The Kier molecular flexibility index (Phi) is 2.80. The van der Waals surface area contributed by atoms with Crippen molar-refractivity contribution < 1.29 is 5.11 Å². The van der Waals surface area contributed by atoms with Crippen LogP contribution in [0.3, 0.4) is 0 Å². The number of aromatic nitrogens is 2. The van der Waals surface area contributed by atoms with Crippen LogP contribution in [0.5, 0.6) is 0 Å². The first kappa shape index (κ1) is 10.6. The average Bonchev–Trinajstić information content (AvgIpc) is 2.56. The molecule has 1 aromatic heterocycles. The summed E-state index contributed by atoms with van der Waals surface area (Å²) in [6.45, 7) is 4.80. The van der Waals surface area contributed by atoms with Gasteiger partial charge in [-0.25, -0.2) is 4.98 Å². The molecule has 1 saturated heterocycles. The smallest absolute Gasteiger partial charge is 0.0945 e. The highest BCUT2D eigenvalue weighted by Gasteiger charge is 2.27. The summed E-state index contributed by atoms with van der Waals surface area (Å²) in [6, 6.07) is 0.